The van der Waals surface area contributed by atoms with Crippen molar-refractivity contribution in [2.75, 3.05) is 13.2 Å². The molecular formula is C15H31NO3. The van der Waals surface area contributed by atoms with Gasteiger partial charge in [-0.2, -0.15) is 0 Å². The topological polar surface area (TPSA) is 58.6 Å². The van der Waals surface area contributed by atoms with Gasteiger partial charge in [0.1, 0.15) is 5.54 Å². The van der Waals surface area contributed by atoms with Gasteiger partial charge in [-0.05, 0) is 33.6 Å². The Hall–Kier alpha value is -0.610. The number of carboxylic acids is 1. The summed E-state index contributed by atoms with van der Waals surface area (Å²) in [7, 11) is 0. The Labute approximate surface area is 117 Å². The second-order valence-electron chi connectivity index (χ2n) is 5.71. The SMILES string of the molecule is CCCCCCCOCCC(C)(NC(C)C)C(=O)O. The third kappa shape index (κ3) is 9.00. The highest BCUT2D eigenvalue weighted by Gasteiger charge is 2.32. The molecule has 0 heterocycles. The summed E-state index contributed by atoms with van der Waals surface area (Å²) in [5.74, 6) is -0.812. The van der Waals surface area contributed by atoms with Crippen LogP contribution in [-0.4, -0.2) is 35.9 Å². The third-order valence-electron chi connectivity index (χ3n) is 3.22. The van der Waals surface area contributed by atoms with Gasteiger partial charge in [-0.1, -0.05) is 32.6 Å². The molecule has 19 heavy (non-hydrogen) atoms. The monoisotopic (exact) mass is 273 g/mol. The average Bonchev–Trinajstić information content (AvgIpc) is 2.31. The number of unbranched alkanes of at least 4 members (excludes halogenated alkanes) is 4. The first-order chi connectivity index (χ1) is 8.92. The first-order valence-electron chi connectivity index (χ1n) is 7.51. The quantitative estimate of drug-likeness (QED) is 0.536. The van der Waals surface area contributed by atoms with E-state index in [4.69, 9.17) is 4.74 Å². The van der Waals surface area contributed by atoms with Crippen molar-refractivity contribution in [3.63, 3.8) is 0 Å². The van der Waals surface area contributed by atoms with E-state index in [0.29, 0.717) is 13.0 Å². The maximum absolute atomic E-state index is 11.3. The Morgan fingerprint density at radius 3 is 2.37 bits per heavy atom. The van der Waals surface area contributed by atoms with Crippen molar-refractivity contribution >= 4 is 5.97 Å². The molecule has 0 aliphatic heterocycles. The number of nitrogens with one attached hydrogen (secondary N) is 1. The third-order valence-corrected chi connectivity index (χ3v) is 3.22. The largest absolute Gasteiger partial charge is 0.480 e. The predicted molar refractivity (Wildman–Crippen MR) is 78.5 cm³/mol. The van der Waals surface area contributed by atoms with Crippen molar-refractivity contribution in [2.24, 2.45) is 0 Å². The Morgan fingerprint density at radius 2 is 1.84 bits per heavy atom. The van der Waals surface area contributed by atoms with E-state index in [1.807, 2.05) is 13.8 Å². The zero-order chi connectivity index (χ0) is 14.7. The van der Waals surface area contributed by atoms with Gasteiger partial charge in [0.15, 0.2) is 0 Å². The van der Waals surface area contributed by atoms with Crippen LogP contribution in [0.5, 0.6) is 0 Å². The summed E-state index contributed by atoms with van der Waals surface area (Å²) in [6, 6.07) is 0.148. The van der Waals surface area contributed by atoms with Crippen LogP contribution < -0.4 is 5.32 Å². The van der Waals surface area contributed by atoms with Crippen LogP contribution in [0.2, 0.25) is 0 Å². The van der Waals surface area contributed by atoms with E-state index < -0.39 is 11.5 Å². The summed E-state index contributed by atoms with van der Waals surface area (Å²) in [5, 5.41) is 12.4. The van der Waals surface area contributed by atoms with E-state index in [1.165, 1.54) is 25.7 Å². The molecule has 0 aliphatic carbocycles. The molecule has 0 aromatic rings. The van der Waals surface area contributed by atoms with Crippen LogP contribution in [0.3, 0.4) is 0 Å². The first-order valence-corrected chi connectivity index (χ1v) is 7.51. The highest BCUT2D eigenvalue weighted by Crippen LogP contribution is 2.12. The van der Waals surface area contributed by atoms with Crippen LogP contribution in [0, 0.1) is 0 Å². The summed E-state index contributed by atoms with van der Waals surface area (Å²) in [4.78, 5) is 11.3. The fraction of sp³-hybridized carbons (Fsp3) is 0.933. The van der Waals surface area contributed by atoms with Crippen molar-refractivity contribution in [3.05, 3.63) is 0 Å². The normalized spacial score (nSPS) is 14.6. The molecular weight excluding hydrogens is 242 g/mol. The predicted octanol–water partition coefficient (Wildman–Crippen LogP) is 3.20. The van der Waals surface area contributed by atoms with Gasteiger partial charge in [0.2, 0.25) is 0 Å². The van der Waals surface area contributed by atoms with Gasteiger partial charge in [-0.25, -0.2) is 0 Å². The molecule has 1 unspecified atom stereocenters. The molecule has 4 nitrogen and oxygen atoms in total. The lowest BCUT2D eigenvalue weighted by Crippen LogP contribution is -2.53. The van der Waals surface area contributed by atoms with Gasteiger partial charge >= 0.3 is 5.97 Å². The Bertz CT molecular complexity index is 244. The molecule has 0 saturated heterocycles. The van der Waals surface area contributed by atoms with Crippen LogP contribution in [-0.2, 0) is 9.53 Å². The van der Waals surface area contributed by atoms with Gasteiger partial charge in [0.05, 0.1) is 0 Å². The minimum atomic E-state index is -0.892. The Kier molecular flexibility index (Phi) is 9.88. The number of rotatable bonds is 12. The number of carboxylic acid groups (broad SMARTS) is 1. The Balaban J connectivity index is 3.74. The van der Waals surface area contributed by atoms with Gasteiger partial charge in [-0.3, -0.25) is 10.1 Å². The fourth-order valence-electron chi connectivity index (χ4n) is 2.06. The van der Waals surface area contributed by atoms with Crippen LogP contribution >= 0.6 is 0 Å². The summed E-state index contributed by atoms with van der Waals surface area (Å²) >= 11 is 0. The molecule has 0 spiro atoms. The fourth-order valence-corrected chi connectivity index (χ4v) is 2.06. The highest BCUT2D eigenvalue weighted by molar-refractivity contribution is 5.78. The zero-order valence-corrected chi connectivity index (χ0v) is 13.0. The second-order valence-corrected chi connectivity index (χ2v) is 5.71. The van der Waals surface area contributed by atoms with E-state index in [-0.39, 0.29) is 6.04 Å². The first kappa shape index (κ1) is 18.4. The molecule has 0 aliphatic rings. The molecule has 4 heteroatoms. The summed E-state index contributed by atoms with van der Waals surface area (Å²) < 4.78 is 5.54. The van der Waals surface area contributed by atoms with Gasteiger partial charge in [0.25, 0.3) is 0 Å². The average molecular weight is 273 g/mol. The van der Waals surface area contributed by atoms with Crippen LogP contribution in [0.1, 0.15) is 66.2 Å². The van der Waals surface area contributed by atoms with Crippen molar-refractivity contribution < 1.29 is 14.6 Å². The molecule has 0 radical (unpaired) electrons. The second kappa shape index (κ2) is 10.2. The molecule has 2 N–H and O–H groups in total. The maximum Gasteiger partial charge on any atom is 0.323 e. The number of ether oxygens (including phenoxy) is 1. The molecule has 0 saturated carbocycles. The molecule has 0 rings (SSSR count). The molecule has 0 aromatic heterocycles. The molecule has 0 amide bonds. The summed E-state index contributed by atoms with van der Waals surface area (Å²) in [6.45, 7) is 9.06. The van der Waals surface area contributed by atoms with Crippen molar-refractivity contribution in [2.45, 2.75) is 77.8 Å². The van der Waals surface area contributed by atoms with Crippen LogP contribution in [0.4, 0.5) is 0 Å². The van der Waals surface area contributed by atoms with E-state index in [2.05, 4.69) is 12.2 Å². The standard InChI is InChI=1S/C15H31NO3/c1-5-6-7-8-9-11-19-12-10-15(4,14(17)18)16-13(2)3/h13,16H,5-12H2,1-4H3,(H,17,18). The molecule has 0 fully saturated rings. The van der Waals surface area contributed by atoms with E-state index >= 15 is 0 Å². The number of hydrogen-bond donors (Lipinski definition) is 2. The van der Waals surface area contributed by atoms with E-state index in [1.54, 1.807) is 6.92 Å². The number of hydrogen-bond acceptors (Lipinski definition) is 3. The van der Waals surface area contributed by atoms with Gasteiger partial charge in [0, 0.05) is 19.3 Å². The Morgan fingerprint density at radius 1 is 1.21 bits per heavy atom. The van der Waals surface area contributed by atoms with E-state index in [0.717, 1.165) is 13.0 Å². The minimum absolute atomic E-state index is 0.148. The molecule has 0 bridgehead atoms. The molecule has 1 atom stereocenters. The number of carbonyl (C=O) groups is 1. The zero-order valence-electron chi connectivity index (χ0n) is 13.0. The lowest BCUT2D eigenvalue weighted by atomic mass is 9.97. The van der Waals surface area contributed by atoms with E-state index in [9.17, 15) is 9.90 Å². The minimum Gasteiger partial charge on any atom is -0.480 e. The maximum atomic E-state index is 11.3. The summed E-state index contributed by atoms with van der Waals surface area (Å²) in [5.41, 5.74) is -0.892. The number of aliphatic carboxylic acids is 1. The van der Waals surface area contributed by atoms with Gasteiger partial charge in [-0.15, -0.1) is 0 Å². The van der Waals surface area contributed by atoms with Crippen molar-refractivity contribution in [3.8, 4) is 0 Å². The van der Waals surface area contributed by atoms with Crippen LogP contribution in [0.25, 0.3) is 0 Å². The van der Waals surface area contributed by atoms with Crippen molar-refractivity contribution in [1.82, 2.24) is 5.32 Å². The van der Waals surface area contributed by atoms with Gasteiger partial charge < -0.3 is 9.84 Å². The highest BCUT2D eigenvalue weighted by atomic mass is 16.5. The van der Waals surface area contributed by atoms with Crippen molar-refractivity contribution in [1.29, 1.82) is 0 Å². The molecule has 114 valence electrons. The molecule has 0 aromatic carbocycles. The van der Waals surface area contributed by atoms with Crippen LogP contribution in [0.15, 0.2) is 0 Å². The lowest BCUT2D eigenvalue weighted by molar-refractivity contribution is -0.145. The lowest BCUT2D eigenvalue weighted by Gasteiger charge is -2.28. The smallest absolute Gasteiger partial charge is 0.323 e. The summed E-state index contributed by atoms with van der Waals surface area (Å²) in [6.07, 6.45) is 6.57.